The van der Waals surface area contributed by atoms with E-state index in [0.29, 0.717) is 33.8 Å². The van der Waals surface area contributed by atoms with Crippen molar-refractivity contribution in [1.29, 1.82) is 0 Å². The first-order valence-corrected chi connectivity index (χ1v) is 9.06. The van der Waals surface area contributed by atoms with Crippen molar-refractivity contribution in [3.8, 4) is 17.2 Å². The number of carbonyl (C=O) groups excluding carboxylic acids is 2. The number of nitrogens with one attached hydrogen (secondary N) is 1. The van der Waals surface area contributed by atoms with Crippen LogP contribution in [0.15, 0.2) is 54.7 Å². The minimum absolute atomic E-state index is 0.237. The molecular weight excluding hydrogens is 404 g/mol. The standard InChI is InChI=1S/C22H20N2O7/c1-29-17-10-13(11-18(30-2)21(17)31-3)23-22(28)15-12-24(19(25)8-9-20(26)27)16-7-5-4-6-14(15)16/h4-12H,1-3H3,(H,23,28)(H,26,27)/b9-8+. The summed E-state index contributed by atoms with van der Waals surface area (Å²) in [6.45, 7) is 0. The number of anilines is 1. The Labute approximate surface area is 177 Å². The molecule has 0 aliphatic rings. The third kappa shape index (κ3) is 4.35. The van der Waals surface area contributed by atoms with Crippen molar-refractivity contribution in [2.75, 3.05) is 26.6 Å². The number of allylic oxidation sites excluding steroid dienone is 1. The van der Waals surface area contributed by atoms with Crippen LogP contribution in [0.2, 0.25) is 0 Å². The van der Waals surface area contributed by atoms with Crippen molar-refractivity contribution in [3.63, 3.8) is 0 Å². The molecule has 0 unspecified atom stereocenters. The monoisotopic (exact) mass is 424 g/mol. The molecule has 0 aliphatic carbocycles. The fraction of sp³-hybridized carbons (Fsp3) is 0.136. The Morgan fingerprint density at radius 1 is 0.968 bits per heavy atom. The van der Waals surface area contributed by atoms with Gasteiger partial charge in [-0.15, -0.1) is 0 Å². The molecule has 9 nitrogen and oxygen atoms in total. The molecule has 3 rings (SSSR count). The minimum Gasteiger partial charge on any atom is -0.493 e. The second-order valence-corrected chi connectivity index (χ2v) is 6.31. The maximum Gasteiger partial charge on any atom is 0.328 e. The number of benzene rings is 2. The molecule has 1 aromatic heterocycles. The lowest BCUT2D eigenvalue weighted by Gasteiger charge is -2.14. The molecule has 0 saturated heterocycles. The lowest BCUT2D eigenvalue weighted by Crippen LogP contribution is -2.12. The van der Waals surface area contributed by atoms with Crippen molar-refractivity contribution in [2.24, 2.45) is 0 Å². The number of para-hydroxylation sites is 1. The first kappa shape index (κ1) is 21.4. The van der Waals surface area contributed by atoms with Gasteiger partial charge in [0, 0.05) is 41.6 Å². The lowest BCUT2D eigenvalue weighted by molar-refractivity contribution is -0.131. The Kier molecular flexibility index (Phi) is 6.25. The Hall–Kier alpha value is -4.27. The van der Waals surface area contributed by atoms with Gasteiger partial charge in [-0.1, -0.05) is 18.2 Å². The number of ether oxygens (including phenoxy) is 3. The van der Waals surface area contributed by atoms with Gasteiger partial charge in [0.2, 0.25) is 5.75 Å². The second-order valence-electron chi connectivity index (χ2n) is 6.31. The van der Waals surface area contributed by atoms with Gasteiger partial charge in [-0.2, -0.15) is 0 Å². The number of hydrogen-bond acceptors (Lipinski definition) is 6. The van der Waals surface area contributed by atoms with Gasteiger partial charge in [0.05, 0.1) is 32.4 Å². The molecule has 0 spiro atoms. The molecule has 0 fully saturated rings. The molecule has 0 bridgehead atoms. The highest BCUT2D eigenvalue weighted by atomic mass is 16.5. The van der Waals surface area contributed by atoms with E-state index in [1.54, 1.807) is 36.4 Å². The van der Waals surface area contributed by atoms with Crippen LogP contribution in [0.25, 0.3) is 10.9 Å². The van der Waals surface area contributed by atoms with Crippen LogP contribution >= 0.6 is 0 Å². The highest BCUT2D eigenvalue weighted by molar-refractivity contribution is 6.15. The van der Waals surface area contributed by atoms with Gasteiger partial charge in [-0.25, -0.2) is 4.79 Å². The van der Waals surface area contributed by atoms with E-state index in [-0.39, 0.29) is 5.56 Å². The van der Waals surface area contributed by atoms with Crippen molar-refractivity contribution < 1.29 is 33.7 Å². The summed E-state index contributed by atoms with van der Waals surface area (Å²) in [5.41, 5.74) is 1.10. The zero-order valence-corrected chi connectivity index (χ0v) is 17.0. The molecule has 1 heterocycles. The number of aliphatic carboxylic acids is 1. The van der Waals surface area contributed by atoms with Crippen LogP contribution in [0.5, 0.6) is 17.2 Å². The molecule has 0 atom stereocenters. The summed E-state index contributed by atoms with van der Waals surface area (Å²) in [5.74, 6) is -1.19. The first-order chi connectivity index (χ1) is 14.9. The van der Waals surface area contributed by atoms with Gasteiger partial charge in [0.25, 0.3) is 11.8 Å². The predicted molar refractivity (Wildman–Crippen MR) is 113 cm³/mol. The fourth-order valence-electron chi connectivity index (χ4n) is 3.12. The van der Waals surface area contributed by atoms with Gasteiger partial charge in [0.15, 0.2) is 11.5 Å². The van der Waals surface area contributed by atoms with E-state index in [2.05, 4.69) is 5.32 Å². The third-order valence-corrected chi connectivity index (χ3v) is 4.49. The number of rotatable bonds is 7. The summed E-state index contributed by atoms with van der Waals surface area (Å²) >= 11 is 0. The third-order valence-electron chi connectivity index (χ3n) is 4.49. The number of carboxylic acid groups (broad SMARTS) is 1. The minimum atomic E-state index is -1.25. The SMILES string of the molecule is COc1cc(NC(=O)c2cn(C(=O)/C=C/C(=O)O)c3ccccc23)cc(OC)c1OC. The van der Waals surface area contributed by atoms with Gasteiger partial charge < -0.3 is 24.6 Å². The van der Waals surface area contributed by atoms with E-state index in [1.807, 2.05) is 0 Å². The van der Waals surface area contributed by atoms with Crippen LogP contribution in [-0.2, 0) is 4.79 Å². The van der Waals surface area contributed by atoms with Gasteiger partial charge in [0.1, 0.15) is 0 Å². The molecule has 2 aromatic carbocycles. The molecule has 1 amide bonds. The summed E-state index contributed by atoms with van der Waals surface area (Å²) in [6.07, 6.45) is 3.04. The van der Waals surface area contributed by atoms with Crippen molar-refractivity contribution in [3.05, 3.63) is 60.3 Å². The van der Waals surface area contributed by atoms with E-state index in [0.717, 1.165) is 12.2 Å². The normalized spacial score (nSPS) is 10.8. The summed E-state index contributed by atoms with van der Waals surface area (Å²) in [6, 6.07) is 9.98. The number of fused-ring (bicyclic) bond motifs is 1. The second kappa shape index (κ2) is 9.04. The Morgan fingerprint density at radius 3 is 2.19 bits per heavy atom. The van der Waals surface area contributed by atoms with Crippen LogP contribution in [-0.4, -0.2) is 48.8 Å². The zero-order chi connectivity index (χ0) is 22.5. The summed E-state index contributed by atoms with van der Waals surface area (Å²) < 4.78 is 17.1. The first-order valence-electron chi connectivity index (χ1n) is 9.06. The van der Waals surface area contributed by atoms with Crippen LogP contribution in [0.1, 0.15) is 15.2 Å². The van der Waals surface area contributed by atoms with E-state index >= 15 is 0 Å². The molecule has 0 radical (unpaired) electrons. The smallest absolute Gasteiger partial charge is 0.328 e. The number of methoxy groups -OCH3 is 3. The molecule has 31 heavy (non-hydrogen) atoms. The number of aromatic nitrogens is 1. The Bertz CT molecular complexity index is 1170. The number of carboxylic acids is 1. The predicted octanol–water partition coefficient (Wildman–Crippen LogP) is 3.20. The summed E-state index contributed by atoms with van der Waals surface area (Å²) in [5, 5.41) is 12.1. The molecule has 3 aromatic rings. The maximum atomic E-state index is 13.0. The van der Waals surface area contributed by atoms with Crippen molar-refractivity contribution >= 4 is 34.4 Å². The van der Waals surface area contributed by atoms with E-state index < -0.39 is 17.8 Å². The lowest BCUT2D eigenvalue weighted by atomic mass is 10.1. The maximum absolute atomic E-state index is 13.0. The Balaban J connectivity index is 2.00. The van der Waals surface area contributed by atoms with Crippen LogP contribution in [0.4, 0.5) is 5.69 Å². The molecule has 2 N–H and O–H groups in total. The quantitative estimate of drug-likeness (QED) is 0.560. The highest BCUT2D eigenvalue weighted by Gasteiger charge is 2.19. The summed E-state index contributed by atoms with van der Waals surface area (Å²) in [7, 11) is 4.41. The van der Waals surface area contributed by atoms with Gasteiger partial charge in [-0.05, 0) is 6.07 Å². The number of carbonyl (C=O) groups is 3. The molecule has 160 valence electrons. The van der Waals surface area contributed by atoms with Crippen LogP contribution in [0.3, 0.4) is 0 Å². The van der Waals surface area contributed by atoms with E-state index in [4.69, 9.17) is 19.3 Å². The molecule has 0 saturated carbocycles. The van der Waals surface area contributed by atoms with E-state index in [9.17, 15) is 14.4 Å². The summed E-state index contributed by atoms with van der Waals surface area (Å²) in [4.78, 5) is 36.2. The molecule has 0 aliphatic heterocycles. The van der Waals surface area contributed by atoms with Crippen molar-refractivity contribution in [2.45, 2.75) is 0 Å². The molecule has 9 heteroatoms. The van der Waals surface area contributed by atoms with Crippen LogP contribution in [0, 0.1) is 0 Å². The average Bonchev–Trinajstić information content (AvgIpc) is 3.16. The van der Waals surface area contributed by atoms with Crippen LogP contribution < -0.4 is 19.5 Å². The van der Waals surface area contributed by atoms with E-state index in [1.165, 1.54) is 32.1 Å². The largest absolute Gasteiger partial charge is 0.493 e. The Morgan fingerprint density at radius 2 is 1.61 bits per heavy atom. The van der Waals surface area contributed by atoms with Crippen molar-refractivity contribution in [1.82, 2.24) is 4.57 Å². The topological polar surface area (TPSA) is 116 Å². The zero-order valence-electron chi connectivity index (χ0n) is 17.0. The van der Waals surface area contributed by atoms with Gasteiger partial charge in [-0.3, -0.25) is 14.2 Å². The number of amides is 1. The highest BCUT2D eigenvalue weighted by Crippen LogP contribution is 2.40. The number of nitrogens with zero attached hydrogens (tertiary/aromatic N) is 1. The van der Waals surface area contributed by atoms with Gasteiger partial charge >= 0.3 is 5.97 Å². The average molecular weight is 424 g/mol. The number of hydrogen-bond donors (Lipinski definition) is 2. The fourth-order valence-corrected chi connectivity index (χ4v) is 3.12. The molecular formula is C22H20N2O7.